The van der Waals surface area contributed by atoms with E-state index in [9.17, 15) is 8.42 Å². The molecule has 0 aliphatic heterocycles. The highest BCUT2D eigenvalue weighted by Crippen LogP contribution is 2.21. The smallest absolute Gasteiger partial charge is 0.284 e. The molecule has 2 aromatic carbocycles. The molecule has 0 unspecified atom stereocenters. The summed E-state index contributed by atoms with van der Waals surface area (Å²) in [5, 5.41) is 7.76. The number of unbranched alkanes of at least 4 members (excludes halogenated alkanes) is 1. The quantitative estimate of drug-likeness (QED) is 0.642. The van der Waals surface area contributed by atoms with Gasteiger partial charge in [0.2, 0.25) is 0 Å². The van der Waals surface area contributed by atoms with Crippen LogP contribution >= 0.6 is 0 Å². The molecule has 0 fully saturated rings. The van der Waals surface area contributed by atoms with Crippen molar-refractivity contribution < 1.29 is 13.2 Å². The zero-order valence-corrected chi connectivity index (χ0v) is 14.5. The molecule has 126 valence electrons. The monoisotopic (exact) mass is 345 g/mol. The number of rotatable bonds is 6. The minimum atomic E-state index is -3.79. The van der Waals surface area contributed by atoms with Crippen molar-refractivity contribution in [3.05, 3.63) is 48.0 Å². The van der Waals surface area contributed by atoms with Gasteiger partial charge in [-0.15, -0.1) is 9.19 Å². The molecular weight excluding hydrogens is 326 g/mol. The number of fused-ring (bicyclic) bond motifs is 1. The maximum Gasteiger partial charge on any atom is 0.284 e. The van der Waals surface area contributed by atoms with E-state index >= 15 is 0 Å². The summed E-state index contributed by atoms with van der Waals surface area (Å²) in [6.45, 7) is 4.63. The molecule has 0 bridgehead atoms. The molecular formula is C17H19N3O3S. The van der Waals surface area contributed by atoms with Crippen LogP contribution in [-0.4, -0.2) is 29.4 Å². The van der Waals surface area contributed by atoms with E-state index in [0.717, 1.165) is 22.5 Å². The summed E-state index contributed by atoms with van der Waals surface area (Å²) in [5.74, 6) is 0.654. The topological polar surface area (TPSA) is 74.1 Å². The van der Waals surface area contributed by atoms with E-state index in [1.165, 1.54) is 12.1 Å². The molecule has 0 saturated heterocycles. The van der Waals surface area contributed by atoms with Crippen LogP contribution in [0.3, 0.4) is 0 Å². The van der Waals surface area contributed by atoms with Crippen molar-refractivity contribution in [3.8, 4) is 5.75 Å². The van der Waals surface area contributed by atoms with Crippen LogP contribution in [0.1, 0.15) is 25.3 Å². The van der Waals surface area contributed by atoms with E-state index in [-0.39, 0.29) is 4.90 Å². The molecule has 6 nitrogen and oxygen atoms in total. The van der Waals surface area contributed by atoms with Gasteiger partial charge in [0.05, 0.1) is 11.5 Å². The van der Waals surface area contributed by atoms with E-state index in [2.05, 4.69) is 17.2 Å². The molecule has 1 aromatic heterocycles. The molecule has 0 radical (unpaired) electrons. The minimum Gasteiger partial charge on any atom is -0.494 e. The summed E-state index contributed by atoms with van der Waals surface area (Å²) in [5.41, 5.74) is 2.02. The largest absolute Gasteiger partial charge is 0.494 e. The Morgan fingerprint density at radius 2 is 1.88 bits per heavy atom. The Balaban J connectivity index is 1.92. The van der Waals surface area contributed by atoms with Gasteiger partial charge in [0.25, 0.3) is 10.0 Å². The highest BCUT2D eigenvalue weighted by molar-refractivity contribution is 7.90. The average Bonchev–Trinajstić information content (AvgIpc) is 2.99. The van der Waals surface area contributed by atoms with Gasteiger partial charge in [0.15, 0.2) is 0 Å². The van der Waals surface area contributed by atoms with Gasteiger partial charge < -0.3 is 4.74 Å². The summed E-state index contributed by atoms with van der Waals surface area (Å²) in [7, 11) is -3.79. The van der Waals surface area contributed by atoms with Gasteiger partial charge in [-0.3, -0.25) is 0 Å². The molecule has 0 saturated carbocycles. The zero-order valence-electron chi connectivity index (χ0n) is 13.6. The van der Waals surface area contributed by atoms with Crippen LogP contribution in [0.25, 0.3) is 11.0 Å². The van der Waals surface area contributed by atoms with Crippen molar-refractivity contribution in [1.29, 1.82) is 0 Å². The molecule has 0 amide bonds. The summed E-state index contributed by atoms with van der Waals surface area (Å²) in [6, 6.07) is 11.7. The van der Waals surface area contributed by atoms with Crippen molar-refractivity contribution in [3.63, 3.8) is 0 Å². The first kappa shape index (κ1) is 16.4. The van der Waals surface area contributed by atoms with E-state index in [0.29, 0.717) is 23.4 Å². The Morgan fingerprint density at radius 3 is 2.58 bits per heavy atom. The fourth-order valence-electron chi connectivity index (χ4n) is 2.33. The third-order valence-corrected chi connectivity index (χ3v) is 5.28. The van der Waals surface area contributed by atoms with Crippen LogP contribution in [0.4, 0.5) is 0 Å². The highest BCUT2D eigenvalue weighted by atomic mass is 32.2. The SMILES string of the molecule is CCCCOc1ccc(S(=O)(=O)n2nnc3cc(C)ccc32)cc1. The van der Waals surface area contributed by atoms with E-state index in [4.69, 9.17) is 4.74 Å². The first-order valence-corrected chi connectivity index (χ1v) is 9.27. The van der Waals surface area contributed by atoms with Gasteiger partial charge in [-0.25, -0.2) is 0 Å². The fourth-order valence-corrected chi connectivity index (χ4v) is 3.56. The molecule has 0 N–H and O–H groups in total. The maximum atomic E-state index is 12.8. The molecule has 0 atom stereocenters. The average molecular weight is 345 g/mol. The van der Waals surface area contributed by atoms with Crippen LogP contribution in [-0.2, 0) is 10.0 Å². The number of ether oxygens (including phenoxy) is 1. The van der Waals surface area contributed by atoms with Gasteiger partial charge in [-0.05, 0) is 55.3 Å². The van der Waals surface area contributed by atoms with Crippen LogP contribution in [0.5, 0.6) is 5.75 Å². The van der Waals surface area contributed by atoms with Gasteiger partial charge in [0.1, 0.15) is 16.8 Å². The molecule has 3 rings (SSSR count). The summed E-state index contributed by atoms with van der Waals surface area (Å²) < 4.78 is 32.1. The number of aryl methyl sites for hydroxylation is 1. The third kappa shape index (κ3) is 3.12. The normalized spacial score (nSPS) is 11.8. The molecule has 0 aliphatic rings. The van der Waals surface area contributed by atoms with Gasteiger partial charge in [0, 0.05) is 0 Å². The molecule has 24 heavy (non-hydrogen) atoms. The lowest BCUT2D eigenvalue weighted by Gasteiger charge is -2.08. The fraction of sp³-hybridized carbons (Fsp3) is 0.294. The summed E-state index contributed by atoms with van der Waals surface area (Å²) in [4.78, 5) is 0.151. The number of benzene rings is 2. The van der Waals surface area contributed by atoms with Crippen molar-refractivity contribution in [2.45, 2.75) is 31.6 Å². The number of hydrogen-bond donors (Lipinski definition) is 0. The lowest BCUT2D eigenvalue weighted by molar-refractivity contribution is 0.309. The second kappa shape index (κ2) is 6.60. The summed E-state index contributed by atoms with van der Waals surface area (Å²) in [6.07, 6.45) is 2.01. The molecule has 0 spiro atoms. The first-order chi connectivity index (χ1) is 11.5. The number of hydrogen-bond acceptors (Lipinski definition) is 5. The van der Waals surface area contributed by atoms with Crippen molar-refractivity contribution in [2.24, 2.45) is 0 Å². The maximum absolute atomic E-state index is 12.8. The van der Waals surface area contributed by atoms with Gasteiger partial charge in [-0.2, -0.15) is 8.42 Å². The van der Waals surface area contributed by atoms with E-state index in [1.54, 1.807) is 24.3 Å². The minimum absolute atomic E-state index is 0.151. The van der Waals surface area contributed by atoms with Gasteiger partial charge in [-0.1, -0.05) is 24.6 Å². The Morgan fingerprint density at radius 1 is 1.12 bits per heavy atom. The summed E-state index contributed by atoms with van der Waals surface area (Å²) >= 11 is 0. The lowest BCUT2D eigenvalue weighted by Crippen LogP contribution is -2.14. The Kier molecular flexibility index (Phi) is 4.53. The Bertz CT molecular complexity index is 947. The van der Waals surface area contributed by atoms with Crippen LogP contribution in [0.2, 0.25) is 0 Å². The molecule has 0 aliphatic carbocycles. The highest BCUT2D eigenvalue weighted by Gasteiger charge is 2.21. The van der Waals surface area contributed by atoms with Crippen LogP contribution in [0, 0.1) is 6.92 Å². The molecule has 1 heterocycles. The first-order valence-electron chi connectivity index (χ1n) is 7.83. The molecule has 3 aromatic rings. The van der Waals surface area contributed by atoms with Gasteiger partial charge >= 0.3 is 0 Å². The van der Waals surface area contributed by atoms with Crippen molar-refractivity contribution >= 4 is 21.1 Å². The number of nitrogens with zero attached hydrogens (tertiary/aromatic N) is 3. The third-order valence-electron chi connectivity index (χ3n) is 3.69. The lowest BCUT2D eigenvalue weighted by atomic mass is 10.2. The van der Waals surface area contributed by atoms with Crippen molar-refractivity contribution in [2.75, 3.05) is 6.61 Å². The Labute approximate surface area is 141 Å². The predicted octanol–water partition coefficient (Wildman–Crippen LogP) is 3.16. The van der Waals surface area contributed by atoms with E-state index < -0.39 is 10.0 Å². The van der Waals surface area contributed by atoms with E-state index in [1.807, 2.05) is 13.0 Å². The van der Waals surface area contributed by atoms with Crippen LogP contribution in [0.15, 0.2) is 47.4 Å². The number of aromatic nitrogens is 3. The standard InChI is InChI=1S/C17H19N3O3S/c1-3-4-11-23-14-6-8-15(9-7-14)24(21,22)20-17-10-5-13(2)12-16(17)18-19-20/h5-10,12H,3-4,11H2,1-2H3. The van der Waals surface area contributed by atoms with Crippen molar-refractivity contribution in [1.82, 2.24) is 14.4 Å². The molecule has 7 heteroatoms. The second-order valence-electron chi connectivity index (χ2n) is 5.60. The van der Waals surface area contributed by atoms with Crippen LogP contribution < -0.4 is 4.74 Å². The predicted molar refractivity (Wildman–Crippen MR) is 91.7 cm³/mol. The second-order valence-corrected chi connectivity index (χ2v) is 7.37. The Hall–Kier alpha value is -2.41. The zero-order chi connectivity index (χ0) is 17.2.